The van der Waals surface area contributed by atoms with E-state index in [1.54, 1.807) is 12.1 Å². The summed E-state index contributed by atoms with van der Waals surface area (Å²) in [6.07, 6.45) is 7.40. The molecule has 0 fully saturated rings. The number of hydrogen-bond acceptors (Lipinski definition) is 4. The second kappa shape index (κ2) is 4.62. The van der Waals surface area contributed by atoms with Gasteiger partial charge in [0.25, 0.3) is 10.0 Å². The van der Waals surface area contributed by atoms with Gasteiger partial charge in [0.2, 0.25) is 0 Å². The first kappa shape index (κ1) is 12.1. The summed E-state index contributed by atoms with van der Waals surface area (Å²) >= 11 is 0. The van der Waals surface area contributed by atoms with Gasteiger partial charge in [0.05, 0.1) is 11.1 Å². The van der Waals surface area contributed by atoms with Crippen molar-refractivity contribution in [2.24, 2.45) is 0 Å². The van der Waals surface area contributed by atoms with E-state index < -0.39 is 10.0 Å². The fraction of sp³-hybridized carbons (Fsp3) is 0.231. The highest BCUT2D eigenvalue weighted by Gasteiger charge is 2.18. The first-order valence-corrected chi connectivity index (χ1v) is 7.54. The molecule has 0 atom stereocenters. The highest BCUT2D eigenvalue weighted by Crippen LogP contribution is 2.25. The van der Waals surface area contributed by atoms with Crippen LogP contribution in [0.1, 0.15) is 17.5 Å². The van der Waals surface area contributed by atoms with E-state index in [-0.39, 0.29) is 10.7 Å². The Morgan fingerprint density at radius 2 is 1.95 bits per heavy atom. The van der Waals surface area contributed by atoms with Crippen LogP contribution in [0, 0.1) is 0 Å². The van der Waals surface area contributed by atoms with E-state index in [9.17, 15) is 8.42 Å². The number of sulfonamides is 1. The Morgan fingerprint density at radius 1 is 1.11 bits per heavy atom. The predicted molar refractivity (Wildman–Crippen MR) is 71.3 cm³/mol. The van der Waals surface area contributed by atoms with Gasteiger partial charge >= 0.3 is 0 Å². The molecule has 0 amide bonds. The number of nitrogens with zero attached hydrogens (tertiary/aromatic N) is 2. The highest BCUT2D eigenvalue weighted by molar-refractivity contribution is 7.92. The molecular formula is C13H13N3O2S. The zero-order valence-corrected chi connectivity index (χ0v) is 11.0. The number of fused-ring (bicyclic) bond motifs is 1. The van der Waals surface area contributed by atoms with Gasteiger partial charge < -0.3 is 0 Å². The zero-order chi connectivity index (χ0) is 13.3. The molecule has 5 nitrogen and oxygen atoms in total. The topological polar surface area (TPSA) is 72.0 Å². The van der Waals surface area contributed by atoms with Crippen LogP contribution in [0.4, 0.5) is 5.82 Å². The van der Waals surface area contributed by atoms with Crippen molar-refractivity contribution >= 4 is 15.8 Å². The van der Waals surface area contributed by atoms with Crippen LogP contribution in [0.5, 0.6) is 0 Å². The van der Waals surface area contributed by atoms with Crippen molar-refractivity contribution in [3.8, 4) is 0 Å². The van der Waals surface area contributed by atoms with E-state index in [1.165, 1.54) is 24.2 Å². The SMILES string of the molecule is O=S(=O)(Nc1cnccn1)c1ccc2c(c1)CCC2. The molecule has 0 radical (unpaired) electrons. The summed E-state index contributed by atoms with van der Waals surface area (Å²) in [5, 5.41) is 0. The highest BCUT2D eigenvalue weighted by atomic mass is 32.2. The Labute approximate surface area is 111 Å². The maximum absolute atomic E-state index is 12.2. The first-order valence-electron chi connectivity index (χ1n) is 6.06. The van der Waals surface area contributed by atoms with Crippen molar-refractivity contribution in [3.05, 3.63) is 47.9 Å². The van der Waals surface area contributed by atoms with Crippen LogP contribution in [0.15, 0.2) is 41.7 Å². The minimum Gasteiger partial charge on any atom is -0.262 e. The van der Waals surface area contributed by atoms with E-state index in [2.05, 4.69) is 14.7 Å². The number of nitrogens with one attached hydrogen (secondary N) is 1. The number of anilines is 1. The van der Waals surface area contributed by atoms with Crippen molar-refractivity contribution in [2.75, 3.05) is 4.72 Å². The average molecular weight is 275 g/mol. The van der Waals surface area contributed by atoms with Gasteiger partial charge in [0, 0.05) is 12.4 Å². The van der Waals surface area contributed by atoms with Crippen LogP contribution >= 0.6 is 0 Å². The molecule has 1 aromatic carbocycles. The maximum atomic E-state index is 12.2. The molecule has 0 saturated carbocycles. The molecule has 1 N–H and O–H groups in total. The maximum Gasteiger partial charge on any atom is 0.263 e. The minimum atomic E-state index is -3.59. The molecule has 1 heterocycles. The normalized spacial score (nSPS) is 14.1. The Bertz CT molecular complexity index is 699. The minimum absolute atomic E-state index is 0.225. The largest absolute Gasteiger partial charge is 0.263 e. The molecule has 1 aliphatic carbocycles. The number of rotatable bonds is 3. The molecule has 0 bridgehead atoms. The van der Waals surface area contributed by atoms with E-state index in [0.717, 1.165) is 24.8 Å². The monoisotopic (exact) mass is 275 g/mol. The lowest BCUT2D eigenvalue weighted by Crippen LogP contribution is -2.14. The van der Waals surface area contributed by atoms with Crippen molar-refractivity contribution in [2.45, 2.75) is 24.2 Å². The second-order valence-corrected chi connectivity index (χ2v) is 6.16. The molecule has 0 aliphatic heterocycles. The molecule has 1 aromatic heterocycles. The van der Waals surface area contributed by atoms with Gasteiger partial charge in [0.1, 0.15) is 0 Å². The van der Waals surface area contributed by atoms with Gasteiger partial charge in [-0.2, -0.15) is 0 Å². The third kappa shape index (κ3) is 2.44. The summed E-state index contributed by atoms with van der Waals surface area (Å²) in [6, 6.07) is 5.29. The quantitative estimate of drug-likeness (QED) is 0.926. The van der Waals surface area contributed by atoms with Crippen molar-refractivity contribution in [3.63, 3.8) is 0 Å². The van der Waals surface area contributed by atoms with E-state index in [1.807, 2.05) is 6.07 Å². The van der Waals surface area contributed by atoms with Crippen LogP contribution in [0.2, 0.25) is 0 Å². The molecule has 6 heteroatoms. The summed E-state index contributed by atoms with van der Waals surface area (Å²) in [6.45, 7) is 0. The summed E-state index contributed by atoms with van der Waals surface area (Å²) in [7, 11) is -3.59. The molecule has 98 valence electrons. The molecule has 0 unspecified atom stereocenters. The molecule has 19 heavy (non-hydrogen) atoms. The average Bonchev–Trinajstić information content (AvgIpc) is 2.86. The summed E-state index contributed by atoms with van der Waals surface area (Å²) in [5.74, 6) is 0.225. The standard InChI is InChI=1S/C13H13N3O2S/c17-19(18,16-13-9-14-6-7-15-13)12-5-4-10-2-1-3-11(10)8-12/h4-9H,1-3H2,(H,15,16). The third-order valence-electron chi connectivity index (χ3n) is 3.18. The van der Waals surface area contributed by atoms with Crippen LogP contribution in [-0.2, 0) is 22.9 Å². The lowest BCUT2D eigenvalue weighted by Gasteiger charge is -2.08. The van der Waals surface area contributed by atoms with Gasteiger partial charge in [0.15, 0.2) is 5.82 Å². The number of hydrogen-bond donors (Lipinski definition) is 1. The smallest absolute Gasteiger partial charge is 0.262 e. The van der Waals surface area contributed by atoms with Crippen LogP contribution < -0.4 is 4.72 Å². The van der Waals surface area contributed by atoms with Crippen molar-refractivity contribution < 1.29 is 8.42 Å². The number of aryl methyl sites for hydroxylation is 2. The van der Waals surface area contributed by atoms with Gasteiger partial charge in [-0.3, -0.25) is 9.71 Å². The third-order valence-corrected chi connectivity index (χ3v) is 4.53. The summed E-state index contributed by atoms with van der Waals surface area (Å²) in [4.78, 5) is 8.02. The fourth-order valence-electron chi connectivity index (χ4n) is 2.26. The van der Waals surface area contributed by atoms with Gasteiger partial charge in [-0.05, 0) is 42.5 Å². The molecule has 0 saturated heterocycles. The summed E-state index contributed by atoms with van der Waals surface area (Å²) < 4.78 is 26.9. The molecule has 1 aliphatic rings. The van der Waals surface area contributed by atoms with E-state index in [4.69, 9.17) is 0 Å². The summed E-state index contributed by atoms with van der Waals surface area (Å²) in [5.41, 5.74) is 2.38. The molecule has 2 aromatic rings. The molecule has 3 rings (SSSR count). The first-order chi connectivity index (χ1) is 9.15. The zero-order valence-electron chi connectivity index (χ0n) is 10.2. The van der Waals surface area contributed by atoms with Gasteiger partial charge in [-0.25, -0.2) is 13.4 Å². The Kier molecular flexibility index (Phi) is 2.94. The van der Waals surface area contributed by atoms with Crippen LogP contribution in [0.25, 0.3) is 0 Å². The van der Waals surface area contributed by atoms with Crippen LogP contribution in [-0.4, -0.2) is 18.4 Å². The van der Waals surface area contributed by atoms with Gasteiger partial charge in [-0.15, -0.1) is 0 Å². The Hall–Kier alpha value is -1.95. The predicted octanol–water partition coefficient (Wildman–Crippen LogP) is 1.77. The Morgan fingerprint density at radius 3 is 2.74 bits per heavy atom. The van der Waals surface area contributed by atoms with E-state index in [0.29, 0.717) is 0 Å². The number of aromatic nitrogens is 2. The van der Waals surface area contributed by atoms with Crippen molar-refractivity contribution in [1.82, 2.24) is 9.97 Å². The lowest BCUT2D eigenvalue weighted by molar-refractivity contribution is 0.601. The van der Waals surface area contributed by atoms with Gasteiger partial charge in [-0.1, -0.05) is 6.07 Å². The lowest BCUT2D eigenvalue weighted by atomic mass is 10.1. The second-order valence-electron chi connectivity index (χ2n) is 4.48. The number of benzene rings is 1. The molecule has 0 spiro atoms. The fourth-order valence-corrected chi connectivity index (χ4v) is 3.31. The molecular weight excluding hydrogens is 262 g/mol. The Balaban J connectivity index is 1.92. The van der Waals surface area contributed by atoms with E-state index >= 15 is 0 Å². The van der Waals surface area contributed by atoms with Crippen LogP contribution in [0.3, 0.4) is 0 Å². The van der Waals surface area contributed by atoms with Crippen molar-refractivity contribution in [1.29, 1.82) is 0 Å².